The van der Waals surface area contributed by atoms with E-state index in [1.54, 1.807) is 12.1 Å². The van der Waals surface area contributed by atoms with Gasteiger partial charge in [0, 0.05) is 11.5 Å². The number of hydrogen-bond acceptors (Lipinski definition) is 3. The van der Waals surface area contributed by atoms with Gasteiger partial charge in [-0.2, -0.15) is 0 Å². The fourth-order valence-electron chi connectivity index (χ4n) is 2.61. The van der Waals surface area contributed by atoms with Crippen LogP contribution in [-0.4, -0.2) is 23.0 Å². The quantitative estimate of drug-likeness (QED) is 0.836. The van der Waals surface area contributed by atoms with Crippen LogP contribution in [0.4, 0.5) is 0 Å². The van der Waals surface area contributed by atoms with Gasteiger partial charge in [0.05, 0.1) is 5.02 Å². The van der Waals surface area contributed by atoms with E-state index in [1.807, 2.05) is 0 Å². The van der Waals surface area contributed by atoms with E-state index in [9.17, 15) is 9.59 Å². The van der Waals surface area contributed by atoms with E-state index in [0.717, 1.165) is 25.7 Å². The molecule has 0 aliphatic heterocycles. The number of ketones is 1. The van der Waals surface area contributed by atoms with Crippen molar-refractivity contribution in [1.82, 2.24) is 0 Å². The third-order valence-electron chi connectivity index (χ3n) is 3.84. The number of carboxylic acids is 1. The molecule has 2 rings (SSSR count). The van der Waals surface area contributed by atoms with Crippen LogP contribution in [0.15, 0.2) is 18.2 Å². The molecule has 1 fully saturated rings. The summed E-state index contributed by atoms with van der Waals surface area (Å²) in [5.41, 5.74) is 0.499. The first kappa shape index (κ1) is 15.8. The van der Waals surface area contributed by atoms with E-state index in [4.69, 9.17) is 21.4 Å². The van der Waals surface area contributed by atoms with Crippen LogP contribution in [0.5, 0.6) is 5.75 Å². The van der Waals surface area contributed by atoms with Crippen molar-refractivity contribution in [3.63, 3.8) is 0 Å². The van der Waals surface area contributed by atoms with E-state index >= 15 is 0 Å². The molecule has 0 saturated heterocycles. The van der Waals surface area contributed by atoms with Gasteiger partial charge in [-0.05, 0) is 38.0 Å². The molecule has 0 bridgehead atoms. The number of carboxylic acid groups (broad SMARTS) is 1. The summed E-state index contributed by atoms with van der Waals surface area (Å²) in [6, 6.07) is 4.74. The van der Waals surface area contributed by atoms with Crippen molar-refractivity contribution < 1.29 is 19.4 Å². The molecule has 0 radical (unpaired) electrons. The molecule has 1 aromatic carbocycles. The maximum atomic E-state index is 12.4. The van der Waals surface area contributed by atoms with Crippen molar-refractivity contribution in [2.75, 3.05) is 0 Å². The Labute approximate surface area is 129 Å². The van der Waals surface area contributed by atoms with Gasteiger partial charge in [0.1, 0.15) is 5.75 Å². The Bertz CT molecular complexity index is 535. The molecule has 0 amide bonds. The Morgan fingerprint density at radius 1 is 1.29 bits per heavy atom. The number of carbonyl (C=O) groups excluding carboxylic acids is 1. The lowest BCUT2D eigenvalue weighted by Gasteiger charge is -2.21. The molecule has 1 aliphatic rings. The predicted molar refractivity (Wildman–Crippen MR) is 80.1 cm³/mol. The molecule has 1 N–H and O–H groups in total. The average molecular weight is 311 g/mol. The smallest absolute Gasteiger partial charge is 0.344 e. The second-order valence-corrected chi connectivity index (χ2v) is 5.85. The number of aliphatic carboxylic acids is 1. The van der Waals surface area contributed by atoms with Crippen molar-refractivity contribution in [2.24, 2.45) is 5.92 Å². The maximum absolute atomic E-state index is 12.4. The van der Waals surface area contributed by atoms with Crippen LogP contribution in [0.25, 0.3) is 0 Å². The molecule has 114 valence electrons. The monoisotopic (exact) mass is 310 g/mol. The van der Waals surface area contributed by atoms with Gasteiger partial charge in [-0.3, -0.25) is 4.79 Å². The maximum Gasteiger partial charge on any atom is 0.344 e. The number of rotatable bonds is 5. The van der Waals surface area contributed by atoms with Gasteiger partial charge in [0.2, 0.25) is 0 Å². The van der Waals surface area contributed by atoms with Crippen molar-refractivity contribution in [2.45, 2.75) is 45.1 Å². The van der Waals surface area contributed by atoms with E-state index in [-0.39, 0.29) is 11.7 Å². The van der Waals surface area contributed by atoms with Gasteiger partial charge in [-0.1, -0.05) is 30.9 Å². The third-order valence-corrected chi connectivity index (χ3v) is 4.16. The SMILES string of the molecule is C[C@@H](Oc1ccc(C(=O)C2CCCCC2)c(Cl)c1)C(=O)O. The number of benzene rings is 1. The second kappa shape index (κ2) is 6.94. The average Bonchev–Trinajstić information content (AvgIpc) is 2.47. The van der Waals surface area contributed by atoms with Crippen LogP contribution in [0, 0.1) is 5.92 Å². The van der Waals surface area contributed by atoms with E-state index in [0.29, 0.717) is 16.3 Å². The Morgan fingerprint density at radius 2 is 1.95 bits per heavy atom. The van der Waals surface area contributed by atoms with Crippen molar-refractivity contribution in [1.29, 1.82) is 0 Å². The summed E-state index contributed by atoms with van der Waals surface area (Å²) >= 11 is 6.16. The molecular formula is C16H19ClO4. The van der Waals surface area contributed by atoms with E-state index in [2.05, 4.69) is 0 Å². The highest BCUT2D eigenvalue weighted by Gasteiger charge is 2.24. The minimum absolute atomic E-state index is 0.0564. The zero-order valence-electron chi connectivity index (χ0n) is 12.0. The molecule has 5 heteroatoms. The van der Waals surface area contributed by atoms with E-state index in [1.165, 1.54) is 19.4 Å². The molecule has 0 spiro atoms. The van der Waals surface area contributed by atoms with Crippen LogP contribution in [0.2, 0.25) is 5.02 Å². The van der Waals surface area contributed by atoms with Gasteiger partial charge >= 0.3 is 5.97 Å². The highest BCUT2D eigenvalue weighted by molar-refractivity contribution is 6.34. The van der Waals surface area contributed by atoms with Crippen molar-refractivity contribution >= 4 is 23.4 Å². The minimum Gasteiger partial charge on any atom is -0.479 e. The summed E-state index contributed by atoms with van der Waals surface area (Å²) in [6.45, 7) is 1.44. The van der Waals surface area contributed by atoms with Crippen molar-refractivity contribution in [3.8, 4) is 5.75 Å². The first-order valence-electron chi connectivity index (χ1n) is 7.22. The van der Waals surface area contributed by atoms with Crippen LogP contribution in [-0.2, 0) is 4.79 Å². The third kappa shape index (κ3) is 3.97. The first-order chi connectivity index (χ1) is 9.99. The van der Waals surface area contributed by atoms with Crippen LogP contribution < -0.4 is 4.74 Å². The predicted octanol–water partition coefficient (Wildman–Crippen LogP) is 3.95. The number of carbonyl (C=O) groups is 2. The fourth-order valence-corrected chi connectivity index (χ4v) is 2.87. The molecule has 1 saturated carbocycles. The zero-order valence-corrected chi connectivity index (χ0v) is 12.7. The number of hydrogen-bond donors (Lipinski definition) is 1. The number of Topliss-reactive ketones (excluding diaryl/α,β-unsaturated/α-hetero) is 1. The normalized spacial score (nSPS) is 17.2. The molecule has 0 heterocycles. The lowest BCUT2D eigenvalue weighted by atomic mass is 9.84. The first-order valence-corrected chi connectivity index (χ1v) is 7.60. The Hall–Kier alpha value is -1.55. The molecule has 1 atom stereocenters. The summed E-state index contributed by atoms with van der Waals surface area (Å²) in [4.78, 5) is 23.2. The largest absolute Gasteiger partial charge is 0.479 e. The highest BCUT2D eigenvalue weighted by Crippen LogP contribution is 2.31. The Balaban J connectivity index is 2.11. The zero-order chi connectivity index (χ0) is 15.4. The molecule has 1 aliphatic carbocycles. The molecule has 0 aromatic heterocycles. The van der Waals surface area contributed by atoms with Crippen molar-refractivity contribution in [3.05, 3.63) is 28.8 Å². The summed E-state index contributed by atoms with van der Waals surface area (Å²) in [5, 5.41) is 9.13. The lowest BCUT2D eigenvalue weighted by molar-refractivity contribution is -0.144. The van der Waals surface area contributed by atoms with Gasteiger partial charge < -0.3 is 9.84 Å². The van der Waals surface area contributed by atoms with Gasteiger partial charge in [-0.15, -0.1) is 0 Å². The molecule has 1 aromatic rings. The molecular weight excluding hydrogens is 292 g/mol. The number of ether oxygens (including phenoxy) is 1. The minimum atomic E-state index is -1.05. The summed E-state index contributed by atoms with van der Waals surface area (Å²) in [5.74, 6) is -0.554. The summed E-state index contributed by atoms with van der Waals surface area (Å²) < 4.78 is 5.24. The Morgan fingerprint density at radius 3 is 2.52 bits per heavy atom. The topological polar surface area (TPSA) is 63.6 Å². The van der Waals surface area contributed by atoms with Crippen LogP contribution >= 0.6 is 11.6 Å². The Kier molecular flexibility index (Phi) is 5.23. The van der Waals surface area contributed by atoms with Gasteiger partial charge in [0.25, 0.3) is 0 Å². The van der Waals surface area contributed by atoms with Crippen LogP contribution in [0.1, 0.15) is 49.4 Å². The van der Waals surface area contributed by atoms with Crippen LogP contribution in [0.3, 0.4) is 0 Å². The lowest BCUT2D eigenvalue weighted by Crippen LogP contribution is -2.23. The summed E-state index contributed by atoms with van der Waals surface area (Å²) in [7, 11) is 0. The molecule has 0 unspecified atom stereocenters. The highest BCUT2D eigenvalue weighted by atomic mass is 35.5. The van der Waals surface area contributed by atoms with Gasteiger partial charge in [-0.25, -0.2) is 4.79 Å². The second-order valence-electron chi connectivity index (χ2n) is 5.44. The van der Waals surface area contributed by atoms with Gasteiger partial charge in [0.15, 0.2) is 11.9 Å². The molecule has 4 nitrogen and oxygen atoms in total. The fraction of sp³-hybridized carbons (Fsp3) is 0.500. The standard InChI is InChI=1S/C16H19ClO4/c1-10(16(19)20)21-12-7-8-13(14(17)9-12)15(18)11-5-3-2-4-6-11/h7-11H,2-6H2,1H3,(H,19,20)/t10-/m1/s1. The molecule has 21 heavy (non-hydrogen) atoms. The number of halogens is 1. The summed E-state index contributed by atoms with van der Waals surface area (Å²) in [6.07, 6.45) is 4.25. The van der Waals surface area contributed by atoms with E-state index < -0.39 is 12.1 Å².